The van der Waals surface area contributed by atoms with Gasteiger partial charge in [0.25, 0.3) is 0 Å². The van der Waals surface area contributed by atoms with E-state index in [0.29, 0.717) is 19.6 Å². The zero-order chi connectivity index (χ0) is 13.3. The molecule has 1 aliphatic heterocycles. The van der Waals surface area contributed by atoms with Gasteiger partial charge in [-0.1, -0.05) is 0 Å². The van der Waals surface area contributed by atoms with E-state index in [4.69, 9.17) is 17.0 Å². The van der Waals surface area contributed by atoms with Gasteiger partial charge in [-0.05, 0) is 33.0 Å². The molecule has 2 rings (SSSR count). The molecule has 1 saturated heterocycles. The molecular formula is C12H18N2O2S2. The fourth-order valence-corrected chi connectivity index (χ4v) is 3.41. The van der Waals surface area contributed by atoms with Crippen LogP contribution in [-0.2, 0) is 16.0 Å². The molecule has 1 aliphatic rings. The van der Waals surface area contributed by atoms with Crippen molar-refractivity contribution in [1.29, 1.82) is 0 Å². The number of aromatic nitrogens is 1. The van der Waals surface area contributed by atoms with Crippen molar-refractivity contribution in [3.63, 3.8) is 0 Å². The summed E-state index contributed by atoms with van der Waals surface area (Å²) in [5.74, 6) is 0.158. The summed E-state index contributed by atoms with van der Waals surface area (Å²) in [7, 11) is 0. The Morgan fingerprint density at radius 3 is 2.94 bits per heavy atom. The number of H-pyrrole nitrogens is 1. The average Bonchev–Trinajstić information content (AvgIpc) is 2.61. The second kappa shape index (κ2) is 5.50. The van der Waals surface area contributed by atoms with Gasteiger partial charge in [-0.25, -0.2) is 0 Å². The van der Waals surface area contributed by atoms with E-state index in [2.05, 4.69) is 4.98 Å². The maximum atomic E-state index is 12.3. The first kappa shape index (κ1) is 13.7. The summed E-state index contributed by atoms with van der Waals surface area (Å²) in [5.41, 5.74) is 1.01. The first-order valence-corrected chi connectivity index (χ1v) is 7.31. The van der Waals surface area contributed by atoms with Crippen molar-refractivity contribution < 1.29 is 9.53 Å². The number of aryl methyl sites for hydroxylation is 1. The number of nitrogens with zero attached hydrogens (tertiary/aromatic N) is 1. The number of rotatable bonds is 2. The number of aromatic amines is 1. The summed E-state index contributed by atoms with van der Waals surface area (Å²) in [5, 5.41) is 0. The van der Waals surface area contributed by atoms with Crippen LogP contribution in [-0.4, -0.2) is 41.1 Å². The minimum absolute atomic E-state index is 0.105. The monoisotopic (exact) mass is 286 g/mol. The van der Waals surface area contributed by atoms with Crippen molar-refractivity contribution in [2.75, 3.05) is 13.2 Å². The van der Waals surface area contributed by atoms with Crippen molar-refractivity contribution in [2.45, 2.75) is 39.3 Å². The number of carbonyl (C=O) groups excluding carboxylic acids is 1. The number of ether oxygens (including phenoxy) is 1. The number of hydrogen-bond acceptors (Lipinski definition) is 4. The lowest BCUT2D eigenvalue weighted by atomic mass is 10.1. The van der Waals surface area contributed by atoms with Crippen LogP contribution < -0.4 is 0 Å². The topological polar surface area (TPSA) is 45.3 Å². The van der Waals surface area contributed by atoms with Crippen molar-refractivity contribution in [3.05, 3.63) is 14.5 Å². The van der Waals surface area contributed by atoms with Crippen LogP contribution in [0.3, 0.4) is 0 Å². The quantitative estimate of drug-likeness (QED) is 0.849. The number of morpholine rings is 1. The standard InChI is InChI=1S/C12H18N2O2S2/c1-7-10(18-12(17)13-7)6-11(15)14-4-5-16-9(3)8(14)2/h8-9H,4-6H2,1-3H3,(H,13,17). The van der Waals surface area contributed by atoms with Gasteiger partial charge >= 0.3 is 0 Å². The molecular weight excluding hydrogens is 268 g/mol. The predicted octanol–water partition coefficient (Wildman–Crippen LogP) is 2.29. The molecule has 0 spiro atoms. The van der Waals surface area contributed by atoms with Crippen LogP contribution in [0.2, 0.25) is 0 Å². The lowest BCUT2D eigenvalue weighted by molar-refractivity contribution is -0.143. The smallest absolute Gasteiger partial charge is 0.228 e. The van der Waals surface area contributed by atoms with Crippen molar-refractivity contribution in [1.82, 2.24) is 9.88 Å². The predicted molar refractivity (Wildman–Crippen MR) is 74.5 cm³/mol. The maximum Gasteiger partial charge on any atom is 0.228 e. The number of hydrogen-bond donors (Lipinski definition) is 1. The van der Waals surface area contributed by atoms with E-state index in [1.54, 1.807) is 0 Å². The zero-order valence-electron chi connectivity index (χ0n) is 10.9. The van der Waals surface area contributed by atoms with E-state index >= 15 is 0 Å². The third kappa shape index (κ3) is 2.81. The molecule has 1 amide bonds. The lowest BCUT2D eigenvalue weighted by Gasteiger charge is -2.37. The molecule has 1 N–H and O–H groups in total. The fraction of sp³-hybridized carbons (Fsp3) is 0.667. The van der Waals surface area contributed by atoms with Gasteiger partial charge in [-0.3, -0.25) is 4.79 Å². The van der Waals surface area contributed by atoms with Gasteiger partial charge in [0.2, 0.25) is 5.91 Å². The molecule has 2 unspecified atom stereocenters. The molecule has 100 valence electrons. The van der Waals surface area contributed by atoms with Gasteiger partial charge in [0, 0.05) is 17.1 Å². The molecule has 1 aromatic heterocycles. The van der Waals surface area contributed by atoms with E-state index in [1.165, 1.54) is 11.3 Å². The fourth-order valence-electron chi connectivity index (χ4n) is 2.13. The number of nitrogens with one attached hydrogen (secondary N) is 1. The molecule has 1 fully saturated rings. The average molecular weight is 286 g/mol. The summed E-state index contributed by atoms with van der Waals surface area (Å²) >= 11 is 6.58. The number of carbonyl (C=O) groups is 1. The molecule has 0 aromatic carbocycles. The molecule has 0 bridgehead atoms. The third-order valence-electron chi connectivity index (χ3n) is 3.44. The number of amides is 1. The normalized spacial score (nSPS) is 24.3. The molecule has 0 aliphatic carbocycles. The maximum absolute atomic E-state index is 12.3. The molecule has 0 saturated carbocycles. The minimum atomic E-state index is 0.105. The van der Waals surface area contributed by atoms with Crippen LogP contribution >= 0.6 is 23.6 Å². The summed E-state index contributed by atoms with van der Waals surface area (Å²) in [6.07, 6.45) is 0.536. The summed E-state index contributed by atoms with van der Waals surface area (Å²) < 4.78 is 6.27. The van der Waals surface area contributed by atoms with Gasteiger partial charge in [0.1, 0.15) is 0 Å². The van der Waals surface area contributed by atoms with Gasteiger partial charge in [-0.2, -0.15) is 0 Å². The lowest BCUT2D eigenvalue weighted by Crippen LogP contribution is -2.51. The highest BCUT2D eigenvalue weighted by Gasteiger charge is 2.29. The van der Waals surface area contributed by atoms with Crippen LogP contribution in [0.15, 0.2) is 0 Å². The Morgan fingerprint density at radius 2 is 2.33 bits per heavy atom. The molecule has 4 nitrogen and oxygen atoms in total. The Balaban J connectivity index is 2.08. The Bertz CT molecular complexity index is 495. The first-order chi connectivity index (χ1) is 8.49. The minimum Gasteiger partial charge on any atom is -0.375 e. The van der Waals surface area contributed by atoms with Crippen molar-refractivity contribution in [2.24, 2.45) is 0 Å². The highest BCUT2D eigenvalue weighted by Crippen LogP contribution is 2.19. The summed E-state index contributed by atoms with van der Waals surface area (Å²) in [4.78, 5) is 18.3. The van der Waals surface area contributed by atoms with Gasteiger partial charge in [0.05, 0.1) is 25.2 Å². The largest absolute Gasteiger partial charge is 0.375 e. The van der Waals surface area contributed by atoms with E-state index in [0.717, 1.165) is 14.5 Å². The SMILES string of the molecule is Cc1[nH]c(=S)sc1CC(=O)N1CCOC(C)C1C. The van der Waals surface area contributed by atoms with Crippen molar-refractivity contribution in [3.8, 4) is 0 Å². The highest BCUT2D eigenvalue weighted by molar-refractivity contribution is 7.73. The van der Waals surface area contributed by atoms with Gasteiger partial charge in [-0.15, -0.1) is 11.3 Å². The van der Waals surface area contributed by atoms with Crippen LogP contribution in [0.25, 0.3) is 0 Å². The van der Waals surface area contributed by atoms with E-state index in [1.807, 2.05) is 25.7 Å². The van der Waals surface area contributed by atoms with E-state index < -0.39 is 0 Å². The van der Waals surface area contributed by atoms with Gasteiger partial charge < -0.3 is 14.6 Å². The second-order valence-electron chi connectivity index (χ2n) is 4.64. The van der Waals surface area contributed by atoms with Crippen LogP contribution in [0.1, 0.15) is 24.4 Å². The van der Waals surface area contributed by atoms with Crippen LogP contribution in [0, 0.1) is 10.9 Å². The highest BCUT2D eigenvalue weighted by atomic mass is 32.1. The Kier molecular flexibility index (Phi) is 4.19. The molecule has 18 heavy (non-hydrogen) atoms. The first-order valence-electron chi connectivity index (χ1n) is 6.08. The molecule has 6 heteroatoms. The van der Waals surface area contributed by atoms with Crippen molar-refractivity contribution >= 4 is 29.5 Å². The molecule has 2 atom stereocenters. The Morgan fingerprint density at radius 1 is 1.61 bits per heavy atom. The summed E-state index contributed by atoms with van der Waals surface area (Å²) in [6, 6.07) is 0.137. The van der Waals surface area contributed by atoms with Gasteiger partial charge in [0.15, 0.2) is 3.95 Å². The van der Waals surface area contributed by atoms with Crippen LogP contribution in [0.5, 0.6) is 0 Å². The molecule has 2 heterocycles. The Labute approximate surface area is 116 Å². The van der Waals surface area contributed by atoms with E-state index in [-0.39, 0.29) is 18.1 Å². The second-order valence-corrected chi connectivity index (χ2v) is 6.41. The summed E-state index contributed by atoms with van der Waals surface area (Å²) in [6.45, 7) is 7.31. The third-order valence-corrected chi connectivity index (χ3v) is 4.78. The Hall–Kier alpha value is -0.720. The number of thiazole rings is 1. The molecule has 1 aromatic rings. The molecule has 0 radical (unpaired) electrons. The zero-order valence-corrected chi connectivity index (χ0v) is 12.5. The van der Waals surface area contributed by atoms with Crippen LogP contribution in [0.4, 0.5) is 0 Å². The van der Waals surface area contributed by atoms with E-state index in [9.17, 15) is 4.79 Å².